The number of amides is 1. The number of carbonyl (C=O) groups excluding carboxylic acids is 1. The summed E-state index contributed by atoms with van der Waals surface area (Å²) in [5, 5.41) is 14.0. The quantitative estimate of drug-likeness (QED) is 0.777. The fourth-order valence-corrected chi connectivity index (χ4v) is 2.52. The van der Waals surface area contributed by atoms with E-state index in [1.807, 2.05) is 36.0 Å². The van der Waals surface area contributed by atoms with E-state index in [0.29, 0.717) is 11.3 Å². The first-order chi connectivity index (χ1) is 10.5. The van der Waals surface area contributed by atoms with Crippen molar-refractivity contribution >= 4 is 16.8 Å². The summed E-state index contributed by atoms with van der Waals surface area (Å²) in [4.78, 5) is 12.4. The average Bonchev–Trinajstić information content (AvgIpc) is 3.15. The van der Waals surface area contributed by atoms with Crippen LogP contribution in [0, 0.1) is 0 Å². The van der Waals surface area contributed by atoms with Crippen molar-refractivity contribution in [3.63, 3.8) is 0 Å². The number of hydrogen-bond acceptors (Lipinski definition) is 3. The van der Waals surface area contributed by atoms with Crippen LogP contribution in [0.25, 0.3) is 10.9 Å². The number of carbonyl (C=O) groups is 1. The van der Waals surface area contributed by atoms with Gasteiger partial charge in [-0.1, -0.05) is 6.07 Å². The zero-order valence-corrected chi connectivity index (χ0v) is 12.5. The van der Waals surface area contributed by atoms with Crippen LogP contribution in [-0.4, -0.2) is 22.1 Å². The highest BCUT2D eigenvalue weighted by molar-refractivity contribution is 6.06. The van der Waals surface area contributed by atoms with E-state index in [1.165, 1.54) is 6.26 Å². The smallest absolute Gasteiger partial charge is 0.252 e. The number of rotatable bonds is 4. The van der Waals surface area contributed by atoms with Crippen molar-refractivity contribution in [3.05, 3.63) is 60.2 Å². The summed E-state index contributed by atoms with van der Waals surface area (Å²) in [5.41, 5.74) is 0.336. The molecule has 1 atom stereocenters. The summed E-state index contributed by atoms with van der Waals surface area (Å²) in [6.07, 6.45) is 3.41. The molecule has 0 aliphatic rings. The molecule has 3 rings (SSSR count). The molecule has 1 aromatic carbocycles. The number of aliphatic hydroxyl groups is 1. The van der Waals surface area contributed by atoms with Crippen LogP contribution < -0.4 is 5.32 Å². The molecule has 0 fully saturated rings. The lowest BCUT2D eigenvalue weighted by Crippen LogP contribution is -2.38. The summed E-state index contributed by atoms with van der Waals surface area (Å²) >= 11 is 0. The summed E-state index contributed by atoms with van der Waals surface area (Å²) in [6, 6.07) is 10.9. The van der Waals surface area contributed by atoms with E-state index in [4.69, 9.17) is 4.42 Å². The van der Waals surface area contributed by atoms with Crippen molar-refractivity contribution in [1.29, 1.82) is 0 Å². The largest absolute Gasteiger partial charge is 0.466 e. The molecule has 5 nitrogen and oxygen atoms in total. The van der Waals surface area contributed by atoms with Crippen LogP contribution in [-0.2, 0) is 12.6 Å². The molecular weight excluding hydrogens is 280 g/mol. The van der Waals surface area contributed by atoms with Crippen molar-refractivity contribution in [2.45, 2.75) is 12.5 Å². The van der Waals surface area contributed by atoms with Crippen LogP contribution in [0.1, 0.15) is 23.0 Å². The molecule has 0 aliphatic carbocycles. The lowest BCUT2D eigenvalue weighted by atomic mass is 10.0. The number of aromatic nitrogens is 1. The van der Waals surface area contributed by atoms with Crippen LogP contribution in [0.15, 0.2) is 53.3 Å². The Kier molecular flexibility index (Phi) is 3.50. The Balaban J connectivity index is 1.79. The number of fused-ring (bicyclic) bond motifs is 1. The van der Waals surface area contributed by atoms with Gasteiger partial charge in [0.25, 0.3) is 5.91 Å². The van der Waals surface area contributed by atoms with Gasteiger partial charge in [-0.05, 0) is 37.3 Å². The summed E-state index contributed by atoms with van der Waals surface area (Å²) in [7, 11) is 1.94. The Labute approximate surface area is 128 Å². The second-order valence-corrected chi connectivity index (χ2v) is 5.60. The predicted octanol–water partition coefficient (Wildman–Crippen LogP) is 2.41. The summed E-state index contributed by atoms with van der Waals surface area (Å²) in [5.74, 6) is 0.203. The number of aryl methyl sites for hydroxylation is 1. The third-order valence-corrected chi connectivity index (χ3v) is 3.82. The predicted molar refractivity (Wildman–Crippen MR) is 83.5 cm³/mol. The molecule has 2 aromatic heterocycles. The molecule has 2 heterocycles. The Morgan fingerprint density at radius 1 is 1.32 bits per heavy atom. The van der Waals surface area contributed by atoms with E-state index in [1.54, 1.807) is 25.1 Å². The van der Waals surface area contributed by atoms with Gasteiger partial charge in [0.1, 0.15) is 11.4 Å². The van der Waals surface area contributed by atoms with Gasteiger partial charge in [-0.25, -0.2) is 0 Å². The molecule has 5 heteroatoms. The zero-order chi connectivity index (χ0) is 15.7. The van der Waals surface area contributed by atoms with Gasteiger partial charge in [-0.15, -0.1) is 0 Å². The van der Waals surface area contributed by atoms with Crippen LogP contribution in [0.2, 0.25) is 0 Å². The van der Waals surface area contributed by atoms with E-state index in [-0.39, 0.29) is 12.5 Å². The minimum Gasteiger partial charge on any atom is -0.466 e. The third-order valence-electron chi connectivity index (χ3n) is 3.82. The molecule has 2 N–H and O–H groups in total. The van der Waals surface area contributed by atoms with Crippen LogP contribution in [0.3, 0.4) is 0 Å². The SMILES string of the molecule is Cn1ccc2c(C(=O)NCC(C)(O)c3ccco3)cccc21. The fraction of sp³-hybridized carbons (Fsp3) is 0.235. The van der Waals surface area contributed by atoms with E-state index >= 15 is 0 Å². The Hall–Kier alpha value is -2.53. The van der Waals surface area contributed by atoms with E-state index < -0.39 is 5.60 Å². The second kappa shape index (κ2) is 5.35. The molecule has 114 valence electrons. The average molecular weight is 298 g/mol. The number of nitrogens with zero attached hydrogens (tertiary/aromatic N) is 1. The normalized spacial score (nSPS) is 14.0. The van der Waals surface area contributed by atoms with Crippen molar-refractivity contribution in [2.75, 3.05) is 6.54 Å². The van der Waals surface area contributed by atoms with Crippen LogP contribution in [0.5, 0.6) is 0 Å². The van der Waals surface area contributed by atoms with E-state index in [2.05, 4.69) is 5.32 Å². The van der Waals surface area contributed by atoms with Gasteiger partial charge in [0.2, 0.25) is 0 Å². The van der Waals surface area contributed by atoms with Gasteiger partial charge < -0.3 is 19.4 Å². The van der Waals surface area contributed by atoms with Crippen molar-refractivity contribution in [2.24, 2.45) is 7.05 Å². The molecule has 1 unspecified atom stereocenters. The first-order valence-corrected chi connectivity index (χ1v) is 7.08. The molecule has 0 saturated heterocycles. The lowest BCUT2D eigenvalue weighted by Gasteiger charge is -2.21. The van der Waals surface area contributed by atoms with Crippen molar-refractivity contribution < 1.29 is 14.3 Å². The molecule has 0 radical (unpaired) electrons. The summed E-state index contributed by atoms with van der Waals surface area (Å²) in [6.45, 7) is 1.68. The molecule has 22 heavy (non-hydrogen) atoms. The zero-order valence-electron chi connectivity index (χ0n) is 12.5. The van der Waals surface area contributed by atoms with Crippen LogP contribution >= 0.6 is 0 Å². The minimum absolute atomic E-state index is 0.0720. The second-order valence-electron chi connectivity index (χ2n) is 5.60. The van der Waals surface area contributed by atoms with Gasteiger partial charge in [0.05, 0.1) is 12.8 Å². The first kappa shape index (κ1) is 14.4. The van der Waals surface area contributed by atoms with Gasteiger partial charge in [-0.2, -0.15) is 0 Å². The van der Waals surface area contributed by atoms with Gasteiger partial charge in [-0.3, -0.25) is 4.79 Å². The number of benzene rings is 1. The third kappa shape index (κ3) is 2.51. The number of nitrogens with one attached hydrogen (secondary N) is 1. The van der Waals surface area contributed by atoms with Crippen LogP contribution in [0.4, 0.5) is 0 Å². The maximum absolute atomic E-state index is 12.4. The number of furan rings is 1. The highest BCUT2D eigenvalue weighted by atomic mass is 16.4. The van der Waals surface area contributed by atoms with E-state index in [0.717, 1.165) is 10.9 Å². The monoisotopic (exact) mass is 298 g/mol. The van der Waals surface area contributed by atoms with Crippen molar-refractivity contribution in [3.8, 4) is 0 Å². The topological polar surface area (TPSA) is 67.4 Å². The molecule has 1 amide bonds. The molecule has 0 saturated carbocycles. The first-order valence-electron chi connectivity index (χ1n) is 7.08. The Morgan fingerprint density at radius 3 is 2.86 bits per heavy atom. The summed E-state index contributed by atoms with van der Waals surface area (Å²) < 4.78 is 7.17. The maximum Gasteiger partial charge on any atom is 0.252 e. The van der Waals surface area contributed by atoms with E-state index in [9.17, 15) is 9.90 Å². The van der Waals surface area contributed by atoms with Crippen molar-refractivity contribution in [1.82, 2.24) is 9.88 Å². The molecule has 0 spiro atoms. The molecular formula is C17H18N2O3. The number of hydrogen-bond donors (Lipinski definition) is 2. The Bertz CT molecular complexity index is 801. The Morgan fingerprint density at radius 2 is 2.14 bits per heavy atom. The minimum atomic E-state index is -1.25. The van der Waals surface area contributed by atoms with Gasteiger partial charge in [0.15, 0.2) is 0 Å². The molecule has 3 aromatic rings. The highest BCUT2D eigenvalue weighted by Gasteiger charge is 2.27. The molecule has 0 aliphatic heterocycles. The maximum atomic E-state index is 12.4. The highest BCUT2D eigenvalue weighted by Crippen LogP contribution is 2.22. The standard InChI is InChI=1S/C17H18N2O3/c1-17(21,15-7-4-10-22-15)11-18-16(20)13-5-3-6-14-12(13)8-9-19(14)2/h3-10,21H,11H2,1-2H3,(H,18,20). The lowest BCUT2D eigenvalue weighted by molar-refractivity contribution is 0.0330. The molecule has 0 bridgehead atoms. The van der Waals surface area contributed by atoms with Gasteiger partial charge >= 0.3 is 0 Å². The van der Waals surface area contributed by atoms with Gasteiger partial charge in [0, 0.05) is 29.7 Å². The fourth-order valence-electron chi connectivity index (χ4n) is 2.52.